The van der Waals surface area contributed by atoms with Crippen LogP contribution in [0.5, 0.6) is 0 Å². The molecule has 6 nitrogen and oxygen atoms in total. The second-order valence-corrected chi connectivity index (χ2v) is 4.11. The average molecular weight is 232 g/mol. The maximum atomic E-state index is 11.7. The van der Waals surface area contributed by atoms with E-state index >= 15 is 0 Å². The van der Waals surface area contributed by atoms with Gasteiger partial charge in [-0.3, -0.25) is 4.79 Å². The van der Waals surface area contributed by atoms with E-state index in [0.717, 1.165) is 0 Å². The van der Waals surface area contributed by atoms with Gasteiger partial charge in [-0.15, -0.1) is 0 Å². The zero-order valence-corrected chi connectivity index (χ0v) is 9.57. The molecule has 1 rings (SSSR count). The molecule has 1 saturated heterocycles. The van der Waals surface area contributed by atoms with Crippen LogP contribution in [0.1, 0.15) is 12.8 Å². The summed E-state index contributed by atoms with van der Waals surface area (Å²) in [6.07, 6.45) is 0.439. The van der Waals surface area contributed by atoms with Gasteiger partial charge in [0.15, 0.2) is 0 Å². The van der Waals surface area contributed by atoms with Crippen molar-refractivity contribution in [3.8, 4) is 0 Å². The Labute approximate surface area is 95.1 Å². The van der Waals surface area contributed by atoms with E-state index in [1.54, 1.807) is 0 Å². The van der Waals surface area contributed by atoms with Crippen LogP contribution in [0.4, 0.5) is 0 Å². The fraction of sp³-hybridized carbons (Fsp3) is 0.900. The van der Waals surface area contributed by atoms with Gasteiger partial charge < -0.3 is 25.6 Å². The summed E-state index contributed by atoms with van der Waals surface area (Å²) in [7, 11) is 1.52. The summed E-state index contributed by atoms with van der Waals surface area (Å²) >= 11 is 0. The van der Waals surface area contributed by atoms with Crippen molar-refractivity contribution in [2.75, 3.05) is 33.5 Å². The van der Waals surface area contributed by atoms with E-state index in [4.69, 9.17) is 15.2 Å². The molecule has 1 aliphatic heterocycles. The lowest BCUT2D eigenvalue weighted by atomic mass is 9.99. The first kappa shape index (κ1) is 13.4. The van der Waals surface area contributed by atoms with Gasteiger partial charge in [0.2, 0.25) is 5.91 Å². The summed E-state index contributed by atoms with van der Waals surface area (Å²) < 4.78 is 9.87. The first-order valence-corrected chi connectivity index (χ1v) is 5.40. The maximum absolute atomic E-state index is 11.7. The topological polar surface area (TPSA) is 93.8 Å². The van der Waals surface area contributed by atoms with Crippen molar-refractivity contribution in [1.29, 1.82) is 0 Å². The molecule has 6 heteroatoms. The molecule has 1 fully saturated rings. The molecule has 0 aromatic heterocycles. The quantitative estimate of drug-likeness (QED) is 0.524. The van der Waals surface area contributed by atoms with Crippen LogP contribution in [0.2, 0.25) is 0 Å². The van der Waals surface area contributed by atoms with Crippen molar-refractivity contribution >= 4 is 5.91 Å². The highest BCUT2D eigenvalue weighted by molar-refractivity contribution is 5.86. The third kappa shape index (κ3) is 3.71. The molecule has 4 N–H and O–H groups in total. The first-order valence-electron chi connectivity index (χ1n) is 5.40. The Hall–Kier alpha value is -0.690. The monoisotopic (exact) mass is 232 g/mol. The highest BCUT2D eigenvalue weighted by Crippen LogP contribution is 2.15. The van der Waals surface area contributed by atoms with Gasteiger partial charge in [0, 0.05) is 20.3 Å². The second kappa shape index (κ2) is 6.15. The third-order valence-electron chi connectivity index (χ3n) is 2.63. The van der Waals surface area contributed by atoms with E-state index < -0.39 is 11.6 Å². The van der Waals surface area contributed by atoms with Gasteiger partial charge in [-0.05, 0) is 12.8 Å². The Morgan fingerprint density at radius 2 is 2.50 bits per heavy atom. The minimum Gasteiger partial charge on any atom is -0.391 e. The number of hydrogen-bond donors (Lipinski definition) is 3. The predicted octanol–water partition coefficient (Wildman–Crippen LogP) is -1.38. The van der Waals surface area contributed by atoms with Gasteiger partial charge in [0.25, 0.3) is 0 Å². The Morgan fingerprint density at radius 1 is 1.75 bits per heavy atom. The molecule has 0 aliphatic carbocycles. The third-order valence-corrected chi connectivity index (χ3v) is 2.63. The lowest BCUT2D eigenvalue weighted by Gasteiger charge is -2.21. The van der Waals surface area contributed by atoms with Gasteiger partial charge in [-0.2, -0.15) is 0 Å². The minimum absolute atomic E-state index is 0.213. The molecule has 0 aromatic rings. The van der Waals surface area contributed by atoms with Crippen LogP contribution in [0.25, 0.3) is 0 Å². The highest BCUT2D eigenvalue weighted by Gasteiger charge is 2.37. The Balaban J connectivity index is 2.19. The smallest absolute Gasteiger partial charge is 0.242 e. The zero-order valence-electron chi connectivity index (χ0n) is 9.57. The van der Waals surface area contributed by atoms with E-state index in [-0.39, 0.29) is 19.1 Å². The minimum atomic E-state index is -0.897. The summed E-state index contributed by atoms with van der Waals surface area (Å²) in [5.74, 6) is -0.213. The van der Waals surface area contributed by atoms with Crippen LogP contribution in [0.15, 0.2) is 0 Å². The molecule has 1 aliphatic rings. The van der Waals surface area contributed by atoms with Crippen LogP contribution in [-0.2, 0) is 14.3 Å². The van der Waals surface area contributed by atoms with Crippen molar-refractivity contribution in [3.05, 3.63) is 0 Å². The molecule has 2 unspecified atom stereocenters. The molecule has 0 aromatic carbocycles. The molecule has 2 atom stereocenters. The molecule has 94 valence electrons. The van der Waals surface area contributed by atoms with Gasteiger partial charge in [0.1, 0.15) is 5.54 Å². The number of hydrogen-bond acceptors (Lipinski definition) is 5. The fourth-order valence-corrected chi connectivity index (χ4v) is 1.56. The van der Waals surface area contributed by atoms with E-state index in [0.29, 0.717) is 26.0 Å². The summed E-state index contributed by atoms with van der Waals surface area (Å²) in [5.41, 5.74) is 4.96. The first-order chi connectivity index (χ1) is 7.58. The Kier molecular flexibility index (Phi) is 5.14. The molecule has 0 spiro atoms. The fourth-order valence-electron chi connectivity index (χ4n) is 1.56. The van der Waals surface area contributed by atoms with Crippen molar-refractivity contribution in [3.63, 3.8) is 0 Å². The number of aliphatic hydroxyl groups is 1. The molecular weight excluding hydrogens is 212 g/mol. The van der Waals surface area contributed by atoms with E-state index in [9.17, 15) is 9.90 Å². The number of aliphatic hydroxyl groups excluding tert-OH is 1. The molecule has 1 amide bonds. The van der Waals surface area contributed by atoms with E-state index in [2.05, 4.69) is 5.32 Å². The summed E-state index contributed by atoms with van der Waals surface area (Å²) in [6, 6.07) is 0. The number of nitrogens with one attached hydrogen (secondary N) is 1. The van der Waals surface area contributed by atoms with Crippen LogP contribution >= 0.6 is 0 Å². The second-order valence-electron chi connectivity index (χ2n) is 4.11. The molecule has 16 heavy (non-hydrogen) atoms. The molecule has 0 bridgehead atoms. The summed E-state index contributed by atoms with van der Waals surface area (Å²) in [4.78, 5) is 11.7. The zero-order chi connectivity index (χ0) is 12.0. The van der Waals surface area contributed by atoms with Gasteiger partial charge >= 0.3 is 0 Å². The van der Waals surface area contributed by atoms with E-state index in [1.807, 2.05) is 0 Å². The van der Waals surface area contributed by atoms with Crippen molar-refractivity contribution < 1.29 is 19.4 Å². The Bertz CT molecular complexity index is 229. The number of methoxy groups -OCH3 is 1. The Morgan fingerprint density at radius 3 is 3.06 bits per heavy atom. The average Bonchev–Trinajstić information content (AvgIpc) is 2.67. The molecular formula is C10H20N2O4. The van der Waals surface area contributed by atoms with Crippen LogP contribution < -0.4 is 11.1 Å². The maximum Gasteiger partial charge on any atom is 0.242 e. The lowest BCUT2D eigenvalue weighted by molar-refractivity contribution is -0.126. The number of carbonyl (C=O) groups excluding carboxylic acids is 1. The van der Waals surface area contributed by atoms with Crippen molar-refractivity contribution in [2.24, 2.45) is 5.73 Å². The number of nitrogens with two attached hydrogens (primary N) is 1. The van der Waals surface area contributed by atoms with Gasteiger partial charge in [-0.25, -0.2) is 0 Å². The predicted molar refractivity (Wildman–Crippen MR) is 57.9 cm³/mol. The molecule has 0 radical (unpaired) electrons. The van der Waals surface area contributed by atoms with E-state index in [1.165, 1.54) is 7.11 Å². The van der Waals surface area contributed by atoms with Crippen LogP contribution in [-0.4, -0.2) is 56.1 Å². The number of carbonyl (C=O) groups is 1. The normalized spacial score (nSPS) is 26.7. The molecule has 1 heterocycles. The van der Waals surface area contributed by atoms with Gasteiger partial charge in [-0.1, -0.05) is 0 Å². The number of rotatable bonds is 6. The lowest BCUT2D eigenvalue weighted by Crippen LogP contribution is -2.54. The van der Waals surface area contributed by atoms with Crippen LogP contribution in [0.3, 0.4) is 0 Å². The van der Waals surface area contributed by atoms with Crippen molar-refractivity contribution in [1.82, 2.24) is 5.32 Å². The highest BCUT2D eigenvalue weighted by atomic mass is 16.5. The number of amides is 1. The number of ether oxygens (including phenoxy) is 2. The molecule has 0 saturated carbocycles. The standard InChI is InChI=1S/C10H20N2O4/c1-15-6-8(13)2-4-12-9(14)10(11)3-5-16-7-10/h8,13H,2-7,11H2,1H3,(H,12,14). The summed E-state index contributed by atoms with van der Waals surface area (Å²) in [6.45, 7) is 1.45. The summed E-state index contributed by atoms with van der Waals surface area (Å²) in [5, 5.41) is 12.1. The largest absolute Gasteiger partial charge is 0.391 e. The van der Waals surface area contributed by atoms with Gasteiger partial charge in [0.05, 0.1) is 19.3 Å². The SMILES string of the molecule is COCC(O)CCNC(=O)C1(N)CCOC1. The van der Waals surface area contributed by atoms with Crippen molar-refractivity contribution in [2.45, 2.75) is 24.5 Å². The van der Waals surface area contributed by atoms with Crippen LogP contribution in [0, 0.1) is 0 Å².